The topological polar surface area (TPSA) is 37.3 Å². The Labute approximate surface area is 120 Å². The second kappa shape index (κ2) is 5.13. The molecule has 0 atom stereocenters. The molecule has 2 aromatic rings. The maximum Gasteiger partial charge on any atom is 0.335 e. The lowest BCUT2D eigenvalue weighted by atomic mass is 9.85. The molecule has 1 aliphatic rings. The number of halogens is 2. The van der Waals surface area contributed by atoms with Crippen molar-refractivity contribution in [3.63, 3.8) is 0 Å². The molecule has 0 bridgehead atoms. The summed E-state index contributed by atoms with van der Waals surface area (Å²) in [5.41, 5.74) is 2.51. The van der Waals surface area contributed by atoms with Crippen LogP contribution in [0.1, 0.15) is 33.5 Å². The Morgan fingerprint density at radius 3 is 2.38 bits per heavy atom. The zero-order valence-electron chi connectivity index (χ0n) is 11.1. The number of aromatic carboxylic acids is 1. The predicted octanol–water partition coefficient (Wildman–Crippen LogP) is 4.20. The molecule has 3 rings (SSSR count). The van der Waals surface area contributed by atoms with E-state index in [4.69, 9.17) is 5.11 Å². The van der Waals surface area contributed by atoms with Gasteiger partial charge in [-0.2, -0.15) is 0 Å². The van der Waals surface area contributed by atoms with E-state index in [1.54, 1.807) is 6.07 Å². The maximum absolute atomic E-state index is 14.3. The van der Waals surface area contributed by atoms with Crippen LogP contribution in [0, 0.1) is 5.82 Å². The molecule has 0 fully saturated rings. The number of benzene rings is 2. The minimum atomic E-state index is -1.05. The number of fused-ring (bicyclic) bond motifs is 1. The first kappa shape index (κ1) is 13.5. The van der Waals surface area contributed by atoms with Gasteiger partial charge in [0.15, 0.2) is 0 Å². The number of hydrogen-bond donors (Lipinski definition) is 1. The number of rotatable bonds is 2. The molecule has 21 heavy (non-hydrogen) atoms. The van der Waals surface area contributed by atoms with Crippen molar-refractivity contribution in [3.05, 3.63) is 76.4 Å². The molecular weight excluding hydrogens is 274 g/mol. The van der Waals surface area contributed by atoms with Gasteiger partial charge >= 0.3 is 5.97 Å². The predicted molar refractivity (Wildman–Crippen MR) is 75.3 cm³/mol. The van der Waals surface area contributed by atoms with Crippen LogP contribution < -0.4 is 0 Å². The number of aryl methyl sites for hydroxylation is 1. The van der Waals surface area contributed by atoms with Crippen molar-refractivity contribution in [2.45, 2.75) is 12.8 Å². The van der Waals surface area contributed by atoms with Gasteiger partial charge < -0.3 is 5.11 Å². The molecule has 106 valence electrons. The summed E-state index contributed by atoms with van der Waals surface area (Å²) in [6.07, 6.45) is 0.803. The Morgan fingerprint density at radius 2 is 1.71 bits per heavy atom. The highest BCUT2D eigenvalue weighted by Crippen LogP contribution is 2.37. The van der Waals surface area contributed by atoms with Crippen LogP contribution in [0.4, 0.5) is 8.78 Å². The van der Waals surface area contributed by atoms with Crippen molar-refractivity contribution in [2.75, 3.05) is 0 Å². The summed E-state index contributed by atoms with van der Waals surface area (Å²) in [5, 5.41) is 9.09. The van der Waals surface area contributed by atoms with E-state index in [0.717, 1.165) is 5.56 Å². The summed E-state index contributed by atoms with van der Waals surface area (Å²) >= 11 is 0. The number of hydrogen-bond acceptors (Lipinski definition) is 1. The molecule has 0 amide bonds. The Hall–Kier alpha value is -2.49. The lowest BCUT2D eigenvalue weighted by Crippen LogP contribution is -2.07. The number of carbonyl (C=O) groups is 1. The van der Waals surface area contributed by atoms with Crippen molar-refractivity contribution in [1.29, 1.82) is 0 Å². The van der Waals surface area contributed by atoms with Crippen molar-refractivity contribution in [2.24, 2.45) is 0 Å². The molecule has 0 aliphatic heterocycles. The van der Waals surface area contributed by atoms with E-state index in [-0.39, 0.29) is 17.8 Å². The molecule has 0 saturated carbocycles. The molecule has 1 N–H and O–H groups in total. The first-order valence-electron chi connectivity index (χ1n) is 6.57. The van der Waals surface area contributed by atoms with E-state index in [1.807, 2.05) is 0 Å². The Kier molecular flexibility index (Phi) is 3.29. The van der Waals surface area contributed by atoms with E-state index in [2.05, 4.69) is 0 Å². The minimum Gasteiger partial charge on any atom is -0.478 e. The van der Waals surface area contributed by atoms with Gasteiger partial charge in [-0.3, -0.25) is 0 Å². The van der Waals surface area contributed by atoms with Gasteiger partial charge in [-0.25, -0.2) is 13.6 Å². The van der Waals surface area contributed by atoms with Gasteiger partial charge in [0.2, 0.25) is 0 Å². The van der Waals surface area contributed by atoms with Gasteiger partial charge in [-0.1, -0.05) is 18.2 Å². The van der Waals surface area contributed by atoms with Crippen molar-refractivity contribution in [3.8, 4) is 0 Å². The highest BCUT2D eigenvalue weighted by atomic mass is 19.1. The van der Waals surface area contributed by atoms with Crippen LogP contribution in [0.15, 0.2) is 48.3 Å². The second-order valence-corrected chi connectivity index (χ2v) is 4.96. The smallest absolute Gasteiger partial charge is 0.335 e. The van der Waals surface area contributed by atoms with Crippen molar-refractivity contribution in [1.82, 2.24) is 0 Å². The van der Waals surface area contributed by atoms with Crippen LogP contribution in [-0.2, 0) is 6.42 Å². The van der Waals surface area contributed by atoms with E-state index < -0.39 is 11.8 Å². The van der Waals surface area contributed by atoms with Crippen LogP contribution in [-0.4, -0.2) is 11.1 Å². The average molecular weight is 286 g/mol. The first-order valence-corrected chi connectivity index (χ1v) is 6.57. The first-order chi connectivity index (χ1) is 10.1. The zero-order chi connectivity index (χ0) is 15.0. The van der Waals surface area contributed by atoms with Crippen LogP contribution in [0.3, 0.4) is 0 Å². The normalized spacial score (nSPS) is 14.0. The van der Waals surface area contributed by atoms with Crippen LogP contribution in [0.25, 0.3) is 5.57 Å². The van der Waals surface area contributed by atoms with Crippen LogP contribution in [0.5, 0.6) is 0 Å². The summed E-state index contributed by atoms with van der Waals surface area (Å²) in [6, 6.07) is 10.3. The third-order valence-corrected chi connectivity index (χ3v) is 3.64. The van der Waals surface area contributed by atoms with E-state index in [9.17, 15) is 13.6 Å². The largest absolute Gasteiger partial charge is 0.478 e. The molecule has 0 aromatic heterocycles. The molecule has 0 saturated heterocycles. The number of carboxylic acid groups (broad SMARTS) is 1. The van der Waals surface area contributed by atoms with Gasteiger partial charge in [0.05, 0.1) is 5.56 Å². The van der Waals surface area contributed by atoms with Gasteiger partial charge in [-0.15, -0.1) is 0 Å². The molecule has 2 aromatic carbocycles. The molecule has 4 heteroatoms. The second-order valence-electron chi connectivity index (χ2n) is 4.96. The third-order valence-electron chi connectivity index (χ3n) is 3.64. The molecule has 0 radical (unpaired) electrons. The summed E-state index contributed by atoms with van der Waals surface area (Å²) in [5.74, 6) is -1.74. The lowest BCUT2D eigenvalue weighted by molar-refractivity contribution is 0.0697. The molecular formula is C17H12F2O2. The SMILES string of the molecule is O=C(O)c1ccc2c(c1)C(c1ccc(F)cc1)=C(F)CC2. The molecule has 1 aliphatic carbocycles. The quantitative estimate of drug-likeness (QED) is 0.898. The number of allylic oxidation sites excluding steroid dienone is 1. The summed E-state index contributed by atoms with van der Waals surface area (Å²) in [6.45, 7) is 0. The Bertz CT molecular complexity index is 746. The minimum absolute atomic E-state index is 0.114. The van der Waals surface area contributed by atoms with Gasteiger partial charge in [0, 0.05) is 12.0 Å². The van der Waals surface area contributed by atoms with E-state index in [0.29, 0.717) is 23.1 Å². The molecule has 2 nitrogen and oxygen atoms in total. The molecule has 0 heterocycles. The lowest BCUT2D eigenvalue weighted by Gasteiger charge is -2.20. The number of carboxylic acids is 1. The Morgan fingerprint density at radius 1 is 1.00 bits per heavy atom. The van der Waals surface area contributed by atoms with Gasteiger partial charge in [0.25, 0.3) is 0 Å². The third kappa shape index (κ3) is 2.44. The fraction of sp³-hybridized carbons (Fsp3) is 0.118. The van der Waals surface area contributed by atoms with E-state index >= 15 is 0 Å². The monoisotopic (exact) mass is 286 g/mol. The van der Waals surface area contributed by atoms with Crippen LogP contribution >= 0.6 is 0 Å². The van der Waals surface area contributed by atoms with E-state index in [1.165, 1.54) is 36.4 Å². The van der Waals surface area contributed by atoms with Gasteiger partial charge in [-0.05, 0) is 47.4 Å². The molecule has 0 unspecified atom stereocenters. The summed E-state index contributed by atoms with van der Waals surface area (Å²) < 4.78 is 27.3. The Balaban J connectivity index is 2.18. The summed E-state index contributed by atoms with van der Waals surface area (Å²) in [7, 11) is 0. The fourth-order valence-corrected chi connectivity index (χ4v) is 2.60. The summed E-state index contributed by atoms with van der Waals surface area (Å²) in [4.78, 5) is 11.1. The molecule has 0 spiro atoms. The highest BCUT2D eigenvalue weighted by Gasteiger charge is 2.22. The van der Waals surface area contributed by atoms with Gasteiger partial charge in [0.1, 0.15) is 11.6 Å². The maximum atomic E-state index is 14.3. The zero-order valence-corrected chi connectivity index (χ0v) is 11.1. The average Bonchev–Trinajstić information content (AvgIpc) is 2.48. The standard InChI is InChI=1S/C17H12F2O2/c18-13-6-3-11(4-7-13)16-14-9-12(17(20)21)2-1-10(14)5-8-15(16)19/h1-4,6-7,9H,5,8H2,(H,20,21). The van der Waals surface area contributed by atoms with Crippen molar-refractivity contribution < 1.29 is 18.7 Å². The van der Waals surface area contributed by atoms with Crippen LogP contribution in [0.2, 0.25) is 0 Å². The highest BCUT2D eigenvalue weighted by molar-refractivity contribution is 5.91. The van der Waals surface area contributed by atoms with Crippen molar-refractivity contribution >= 4 is 11.5 Å². The fourth-order valence-electron chi connectivity index (χ4n) is 2.60.